The van der Waals surface area contributed by atoms with Crippen molar-refractivity contribution in [2.75, 3.05) is 19.6 Å². The number of carbonyl (C=O) groups is 2. The number of carbonyl (C=O) groups excluding carboxylic acids is 2. The summed E-state index contributed by atoms with van der Waals surface area (Å²) in [6.45, 7) is 3.84. The zero-order valence-corrected chi connectivity index (χ0v) is 19.1. The highest BCUT2D eigenvalue weighted by molar-refractivity contribution is 7.13. The van der Waals surface area contributed by atoms with E-state index in [4.69, 9.17) is 0 Å². The highest BCUT2D eigenvalue weighted by Crippen LogP contribution is 2.56. The van der Waals surface area contributed by atoms with Crippen LogP contribution < -0.4 is 5.32 Å². The molecular formula is C26H32N2O2S. The van der Waals surface area contributed by atoms with E-state index in [1.807, 2.05) is 11.8 Å². The van der Waals surface area contributed by atoms with Crippen molar-refractivity contribution in [2.45, 2.75) is 45.4 Å². The van der Waals surface area contributed by atoms with Crippen LogP contribution in [0.25, 0.3) is 10.4 Å². The molecule has 3 atom stereocenters. The fourth-order valence-corrected chi connectivity index (χ4v) is 6.89. The average Bonchev–Trinajstić information content (AvgIpc) is 3.10. The summed E-state index contributed by atoms with van der Waals surface area (Å²) in [5, 5.41) is 5.18. The third-order valence-corrected chi connectivity index (χ3v) is 8.66. The monoisotopic (exact) mass is 436 g/mol. The molecule has 0 bridgehead atoms. The molecule has 164 valence electrons. The summed E-state index contributed by atoms with van der Waals surface area (Å²) in [6, 6.07) is 12.6. The second-order valence-electron chi connectivity index (χ2n) is 9.60. The Bertz CT molecular complexity index is 944. The topological polar surface area (TPSA) is 49.4 Å². The molecule has 1 aliphatic heterocycles. The number of hydrogen-bond donors (Lipinski definition) is 1. The lowest BCUT2D eigenvalue weighted by Crippen LogP contribution is -2.45. The molecule has 2 amide bonds. The Balaban J connectivity index is 1.39. The second-order valence-corrected chi connectivity index (χ2v) is 10.5. The van der Waals surface area contributed by atoms with Gasteiger partial charge in [-0.25, -0.2) is 0 Å². The molecule has 4 nitrogen and oxygen atoms in total. The number of nitrogens with zero attached hydrogens (tertiary/aromatic N) is 1. The van der Waals surface area contributed by atoms with Crippen molar-refractivity contribution in [1.82, 2.24) is 10.2 Å². The molecule has 5 heteroatoms. The number of likely N-dealkylation sites (tertiary alicyclic amines) is 1. The normalized spacial score (nSPS) is 29.5. The van der Waals surface area contributed by atoms with Gasteiger partial charge in [0, 0.05) is 30.4 Å². The number of nitrogens with one attached hydrogen (secondary N) is 1. The van der Waals surface area contributed by atoms with Crippen LogP contribution in [0.1, 0.15) is 44.6 Å². The molecule has 1 N–H and O–H groups in total. The van der Waals surface area contributed by atoms with Crippen LogP contribution in [0.15, 0.2) is 41.8 Å². The number of benzene rings is 1. The van der Waals surface area contributed by atoms with Crippen molar-refractivity contribution >= 4 is 23.2 Å². The zero-order valence-electron chi connectivity index (χ0n) is 18.3. The third-order valence-electron chi connectivity index (χ3n) is 7.76. The number of hydrogen-bond acceptors (Lipinski definition) is 3. The van der Waals surface area contributed by atoms with Gasteiger partial charge in [0.1, 0.15) is 0 Å². The highest BCUT2D eigenvalue weighted by Gasteiger charge is 2.57. The Morgan fingerprint density at radius 2 is 1.90 bits per heavy atom. The van der Waals surface area contributed by atoms with Crippen LogP contribution >= 0.6 is 11.3 Å². The Morgan fingerprint density at radius 1 is 1.13 bits per heavy atom. The molecule has 1 aromatic carbocycles. The molecule has 0 unspecified atom stereocenters. The maximum atomic E-state index is 13.3. The summed E-state index contributed by atoms with van der Waals surface area (Å²) >= 11 is 1.73. The largest absolute Gasteiger partial charge is 0.356 e. The van der Waals surface area contributed by atoms with Crippen molar-refractivity contribution in [3.8, 4) is 10.4 Å². The first kappa shape index (κ1) is 20.7. The molecule has 2 heterocycles. The van der Waals surface area contributed by atoms with E-state index in [0.717, 1.165) is 6.42 Å². The van der Waals surface area contributed by atoms with Gasteiger partial charge in [0.25, 0.3) is 0 Å². The molecule has 1 saturated heterocycles. The quantitative estimate of drug-likeness (QED) is 0.710. The van der Waals surface area contributed by atoms with E-state index >= 15 is 0 Å². The maximum Gasteiger partial charge on any atom is 0.228 e. The number of rotatable bonds is 6. The Hall–Kier alpha value is -2.14. The number of amides is 2. The summed E-state index contributed by atoms with van der Waals surface area (Å²) in [7, 11) is 0. The zero-order chi connectivity index (χ0) is 21.4. The first-order chi connectivity index (χ1) is 15.1. The van der Waals surface area contributed by atoms with Crippen LogP contribution in [0.5, 0.6) is 0 Å². The minimum atomic E-state index is -0.543. The first-order valence-corrected chi connectivity index (χ1v) is 12.7. The standard InChI is InChI=1S/C26H32N2O2S/c1-2-27-25(30)26(16-18-8-3-4-9-19(18)22-12-7-15-31-22)13-14-28(17-26)24(29)23-20-10-5-6-11-21(20)23/h3-4,7-9,12,15,20-21,23H,2,5-6,10-11,13-14,16-17H2,1H3,(H,27,30)/t20-,21-,26-/m0/s1. The van der Waals surface area contributed by atoms with Gasteiger partial charge in [0.15, 0.2) is 0 Å². The van der Waals surface area contributed by atoms with Gasteiger partial charge in [0.05, 0.1) is 5.41 Å². The maximum absolute atomic E-state index is 13.3. The summed E-state index contributed by atoms with van der Waals surface area (Å²) < 4.78 is 0. The van der Waals surface area contributed by atoms with E-state index in [-0.39, 0.29) is 11.8 Å². The van der Waals surface area contributed by atoms with Crippen molar-refractivity contribution < 1.29 is 9.59 Å². The molecular weight excluding hydrogens is 404 g/mol. The molecule has 31 heavy (non-hydrogen) atoms. The van der Waals surface area contributed by atoms with Gasteiger partial charge in [0.2, 0.25) is 11.8 Å². The van der Waals surface area contributed by atoms with Gasteiger partial charge in [-0.2, -0.15) is 0 Å². The lowest BCUT2D eigenvalue weighted by molar-refractivity contribution is -0.134. The molecule has 3 aliphatic rings. The summed E-state index contributed by atoms with van der Waals surface area (Å²) in [5.41, 5.74) is 1.86. The Kier molecular flexibility index (Phi) is 5.63. The van der Waals surface area contributed by atoms with E-state index in [9.17, 15) is 9.59 Å². The molecule has 2 aliphatic carbocycles. The third kappa shape index (κ3) is 3.82. The van der Waals surface area contributed by atoms with Crippen LogP contribution in [-0.4, -0.2) is 36.3 Å². The number of thiophene rings is 1. The van der Waals surface area contributed by atoms with Crippen LogP contribution in [0.3, 0.4) is 0 Å². The van der Waals surface area contributed by atoms with Crippen LogP contribution in [-0.2, 0) is 16.0 Å². The molecule has 0 spiro atoms. The van der Waals surface area contributed by atoms with E-state index in [1.54, 1.807) is 11.3 Å². The summed E-state index contributed by atoms with van der Waals surface area (Å²) in [5.74, 6) is 1.86. The van der Waals surface area contributed by atoms with E-state index in [1.165, 1.54) is 41.7 Å². The summed E-state index contributed by atoms with van der Waals surface area (Å²) in [6.07, 6.45) is 6.38. The van der Waals surface area contributed by atoms with Crippen molar-refractivity contribution in [3.05, 3.63) is 47.3 Å². The van der Waals surface area contributed by atoms with Crippen molar-refractivity contribution in [1.29, 1.82) is 0 Å². The van der Waals surface area contributed by atoms with Gasteiger partial charge in [-0.05, 0) is 67.0 Å². The SMILES string of the molecule is CCNC(=O)[C@]1(Cc2ccccc2-c2cccs2)CCN(C(=O)C2[C@H]3CCCC[C@H]23)C1. The second kappa shape index (κ2) is 8.42. The van der Waals surface area contributed by atoms with Crippen LogP contribution in [0.4, 0.5) is 0 Å². The molecule has 1 aromatic heterocycles. The van der Waals surface area contributed by atoms with Crippen molar-refractivity contribution in [2.24, 2.45) is 23.2 Å². The predicted molar refractivity (Wildman–Crippen MR) is 125 cm³/mol. The van der Waals surface area contributed by atoms with Gasteiger partial charge >= 0.3 is 0 Å². The van der Waals surface area contributed by atoms with Crippen LogP contribution in [0.2, 0.25) is 0 Å². The smallest absolute Gasteiger partial charge is 0.228 e. The van der Waals surface area contributed by atoms with Gasteiger partial charge in [-0.1, -0.05) is 43.2 Å². The van der Waals surface area contributed by atoms with Crippen molar-refractivity contribution in [3.63, 3.8) is 0 Å². The fourth-order valence-electron chi connectivity index (χ4n) is 6.10. The van der Waals surface area contributed by atoms with E-state index < -0.39 is 5.41 Å². The van der Waals surface area contributed by atoms with E-state index in [2.05, 4.69) is 47.1 Å². The Labute approximate surface area is 189 Å². The summed E-state index contributed by atoms with van der Waals surface area (Å²) in [4.78, 5) is 29.9. The van der Waals surface area contributed by atoms with Gasteiger partial charge in [-0.15, -0.1) is 11.3 Å². The van der Waals surface area contributed by atoms with E-state index in [0.29, 0.717) is 43.8 Å². The average molecular weight is 437 g/mol. The van der Waals surface area contributed by atoms with Gasteiger partial charge < -0.3 is 10.2 Å². The molecule has 2 saturated carbocycles. The van der Waals surface area contributed by atoms with Gasteiger partial charge in [-0.3, -0.25) is 9.59 Å². The Morgan fingerprint density at radius 3 is 2.61 bits per heavy atom. The minimum Gasteiger partial charge on any atom is -0.356 e. The molecule has 0 radical (unpaired) electrons. The fraction of sp³-hybridized carbons (Fsp3) is 0.538. The first-order valence-electron chi connectivity index (χ1n) is 11.8. The molecule has 3 fully saturated rings. The lowest BCUT2D eigenvalue weighted by atomic mass is 9.78. The number of fused-ring (bicyclic) bond motifs is 1. The minimum absolute atomic E-state index is 0.0968. The molecule has 5 rings (SSSR count). The lowest BCUT2D eigenvalue weighted by Gasteiger charge is -2.29. The predicted octanol–water partition coefficient (Wildman–Crippen LogP) is 4.75. The van der Waals surface area contributed by atoms with Crippen LogP contribution in [0, 0.1) is 23.2 Å². The molecule has 2 aromatic rings. The highest BCUT2D eigenvalue weighted by atomic mass is 32.1.